The van der Waals surface area contributed by atoms with Gasteiger partial charge in [0.1, 0.15) is 17.5 Å². The molecule has 4 rings (SSSR count). The predicted molar refractivity (Wildman–Crippen MR) is 106 cm³/mol. The summed E-state index contributed by atoms with van der Waals surface area (Å²) >= 11 is 5.63. The van der Waals surface area contributed by atoms with Crippen molar-refractivity contribution in [2.75, 3.05) is 18.0 Å². The van der Waals surface area contributed by atoms with Crippen LogP contribution in [-0.2, 0) is 11.5 Å². The number of hydrogen-bond acceptors (Lipinski definition) is 7. The minimum atomic E-state index is -2.94. The molecule has 7 nitrogen and oxygen atoms in total. The lowest BCUT2D eigenvalue weighted by Gasteiger charge is -2.26. The van der Waals surface area contributed by atoms with Gasteiger partial charge in [0.15, 0.2) is 5.82 Å². The molecule has 3 heterocycles. The molecule has 0 unspecified atom stereocenters. The zero-order valence-electron chi connectivity index (χ0n) is 15.2. The third kappa shape index (κ3) is 4.05. The van der Waals surface area contributed by atoms with Crippen LogP contribution in [0.1, 0.15) is 24.1 Å². The Morgan fingerprint density at radius 1 is 1.00 bits per heavy atom. The van der Waals surface area contributed by atoms with Gasteiger partial charge >= 0.3 is 0 Å². The van der Waals surface area contributed by atoms with E-state index < -0.39 is 34.4 Å². The number of benzene rings is 1. The van der Waals surface area contributed by atoms with E-state index >= 15 is 0 Å². The summed E-state index contributed by atoms with van der Waals surface area (Å²) in [7, 11) is -2.94. The summed E-state index contributed by atoms with van der Waals surface area (Å²) in [6.45, 7) is 0.718. The van der Waals surface area contributed by atoms with Gasteiger partial charge in [-0.05, 0) is 25.0 Å². The average molecular weight is 448 g/mol. The summed E-state index contributed by atoms with van der Waals surface area (Å²) in [4.78, 5) is 10.5. The van der Waals surface area contributed by atoms with Gasteiger partial charge in [0.25, 0.3) is 0 Å². The van der Waals surface area contributed by atoms with Gasteiger partial charge in [-0.1, -0.05) is 11.6 Å². The number of aliphatic hydroxyl groups is 2. The molecule has 2 aliphatic heterocycles. The Hall–Kier alpha value is -1.56. The van der Waals surface area contributed by atoms with Gasteiger partial charge in [0.2, 0.25) is 0 Å². The van der Waals surface area contributed by atoms with E-state index in [0.29, 0.717) is 30.2 Å². The van der Waals surface area contributed by atoms with E-state index in [1.807, 2.05) is 0 Å². The molecule has 1 aromatic heterocycles. The van der Waals surface area contributed by atoms with Crippen molar-refractivity contribution in [3.8, 4) is 11.4 Å². The Kier molecular flexibility index (Phi) is 5.43. The largest absolute Gasteiger partial charge is 0.390 e. The van der Waals surface area contributed by atoms with Crippen LogP contribution in [0.15, 0.2) is 12.1 Å². The van der Waals surface area contributed by atoms with Crippen LogP contribution in [0, 0.1) is 11.6 Å². The second-order valence-corrected chi connectivity index (χ2v) is 9.92. The zero-order chi connectivity index (χ0) is 20.9. The molecule has 0 spiro atoms. The molecule has 0 radical (unpaired) electrons. The first-order valence-corrected chi connectivity index (χ1v) is 11.3. The van der Waals surface area contributed by atoms with E-state index in [4.69, 9.17) is 11.6 Å². The van der Waals surface area contributed by atoms with E-state index in [2.05, 4.69) is 9.97 Å². The van der Waals surface area contributed by atoms with Crippen molar-refractivity contribution >= 4 is 28.0 Å². The minimum absolute atomic E-state index is 0.0307. The first-order chi connectivity index (χ1) is 13.6. The number of nitrogens with zero attached hydrogens (tertiary/aromatic N) is 3. The highest BCUT2D eigenvalue weighted by Crippen LogP contribution is 2.54. The molecule has 4 N–H and O–H groups in total. The summed E-state index contributed by atoms with van der Waals surface area (Å²) in [5, 5.41) is 19.5. The average Bonchev–Trinajstić information content (AvgIpc) is 2.87. The molecular weight excluding hydrogens is 428 g/mol. The van der Waals surface area contributed by atoms with Crippen molar-refractivity contribution in [2.45, 2.75) is 36.6 Å². The van der Waals surface area contributed by atoms with Crippen molar-refractivity contribution in [3.63, 3.8) is 0 Å². The molecule has 11 heteroatoms. The number of halogens is 3. The van der Waals surface area contributed by atoms with Crippen molar-refractivity contribution < 1.29 is 28.1 Å². The smallest absolute Gasteiger partial charge is 0.164 e. The van der Waals surface area contributed by atoms with Gasteiger partial charge < -0.3 is 15.1 Å². The molecule has 0 bridgehead atoms. The fourth-order valence-electron chi connectivity index (χ4n) is 3.65. The molecule has 1 fully saturated rings. The van der Waals surface area contributed by atoms with E-state index in [1.165, 1.54) is 0 Å². The summed E-state index contributed by atoms with van der Waals surface area (Å²) < 4.78 is 48.8. The molecule has 0 amide bonds. The number of aromatic nitrogens is 2. The van der Waals surface area contributed by atoms with Crippen LogP contribution in [0.2, 0.25) is 5.02 Å². The topological polar surface area (TPSA) is 110 Å². The van der Waals surface area contributed by atoms with Crippen LogP contribution in [-0.4, -0.2) is 54.6 Å². The molecule has 1 saturated heterocycles. The Bertz CT molecular complexity index is 953. The lowest BCUT2D eigenvalue weighted by Crippen LogP contribution is -2.27. The molecule has 158 valence electrons. The molecule has 1 aromatic carbocycles. The quantitative estimate of drug-likeness (QED) is 0.523. The number of hydrogen-bond donors (Lipinski definition) is 4. The summed E-state index contributed by atoms with van der Waals surface area (Å²) in [5.74, 6) is -1.46. The maximum absolute atomic E-state index is 14.5. The Labute approximate surface area is 172 Å². The highest BCUT2D eigenvalue weighted by molar-refractivity contribution is 8.23. The van der Waals surface area contributed by atoms with Crippen molar-refractivity contribution in [1.82, 2.24) is 9.97 Å². The van der Waals surface area contributed by atoms with Crippen LogP contribution >= 0.6 is 22.2 Å². The summed E-state index contributed by atoms with van der Waals surface area (Å²) in [6.07, 6.45) is -1.18. The fraction of sp³-hybridized carbons (Fsp3) is 0.444. The SMILES string of the molecule is O[C@@H]1CCN(c2nc(-c3cc(F)c(Cl)cc3F)nc3c2CS(O)(O)C3)CC[C@@H]1O. The fourth-order valence-corrected chi connectivity index (χ4v) is 5.33. The standard InChI is InChI=1S/C18H20ClF2N3O4S/c19-11-6-12(20)9(5-13(11)21)17-22-14-8-29(27,28)7-10(14)18(23-17)24-3-1-15(25)16(26)2-4-24/h5-6,15-16,25-28H,1-4,7-8H2/t15-,16+. The number of rotatable bonds is 2. The first-order valence-electron chi connectivity index (χ1n) is 9.04. The molecule has 2 aliphatic rings. The van der Waals surface area contributed by atoms with Crippen LogP contribution in [0.4, 0.5) is 14.6 Å². The predicted octanol–water partition coefficient (Wildman–Crippen LogP) is 3.16. The summed E-state index contributed by atoms with van der Waals surface area (Å²) in [6, 6.07) is 1.75. The van der Waals surface area contributed by atoms with Crippen molar-refractivity contribution in [1.29, 1.82) is 0 Å². The van der Waals surface area contributed by atoms with E-state index in [9.17, 15) is 28.1 Å². The summed E-state index contributed by atoms with van der Waals surface area (Å²) in [5.41, 5.74) is 0.716. The molecular formula is C18H20ClF2N3O4S. The van der Waals surface area contributed by atoms with Crippen LogP contribution in [0.25, 0.3) is 11.4 Å². The van der Waals surface area contributed by atoms with Crippen LogP contribution in [0.5, 0.6) is 0 Å². The third-order valence-electron chi connectivity index (χ3n) is 5.20. The second-order valence-electron chi connectivity index (χ2n) is 7.33. The number of aliphatic hydroxyl groups excluding tert-OH is 2. The maximum atomic E-state index is 14.5. The first kappa shape index (κ1) is 20.7. The molecule has 0 aliphatic carbocycles. The maximum Gasteiger partial charge on any atom is 0.164 e. The Balaban J connectivity index is 1.82. The number of fused-ring (bicyclic) bond motifs is 1. The normalized spacial score (nSPS) is 24.9. The third-order valence-corrected chi connectivity index (χ3v) is 6.97. The molecule has 2 atom stereocenters. The van der Waals surface area contributed by atoms with Gasteiger partial charge in [0, 0.05) is 18.7 Å². The second kappa shape index (κ2) is 7.60. The highest BCUT2D eigenvalue weighted by Gasteiger charge is 2.34. The Morgan fingerprint density at radius 3 is 2.31 bits per heavy atom. The van der Waals surface area contributed by atoms with Crippen molar-refractivity contribution in [3.05, 3.63) is 40.0 Å². The zero-order valence-corrected chi connectivity index (χ0v) is 16.8. The van der Waals surface area contributed by atoms with Gasteiger partial charge in [-0.3, -0.25) is 9.11 Å². The van der Waals surface area contributed by atoms with Crippen molar-refractivity contribution in [2.24, 2.45) is 0 Å². The van der Waals surface area contributed by atoms with Gasteiger partial charge in [0.05, 0.1) is 40.0 Å². The lowest BCUT2D eigenvalue weighted by atomic mass is 10.1. The molecule has 0 saturated carbocycles. The molecule has 29 heavy (non-hydrogen) atoms. The number of anilines is 1. The van der Waals surface area contributed by atoms with E-state index in [-0.39, 0.29) is 40.8 Å². The van der Waals surface area contributed by atoms with Crippen LogP contribution < -0.4 is 4.90 Å². The molecule has 2 aromatic rings. The monoisotopic (exact) mass is 447 g/mol. The highest BCUT2D eigenvalue weighted by atomic mass is 35.5. The minimum Gasteiger partial charge on any atom is -0.390 e. The lowest BCUT2D eigenvalue weighted by molar-refractivity contribution is 0.0187. The Morgan fingerprint density at radius 2 is 1.66 bits per heavy atom. The van der Waals surface area contributed by atoms with Gasteiger partial charge in [-0.2, -0.15) is 10.6 Å². The van der Waals surface area contributed by atoms with E-state index in [1.54, 1.807) is 4.90 Å². The van der Waals surface area contributed by atoms with Crippen LogP contribution in [0.3, 0.4) is 0 Å². The van der Waals surface area contributed by atoms with E-state index in [0.717, 1.165) is 12.1 Å². The van der Waals surface area contributed by atoms with Gasteiger partial charge in [-0.15, -0.1) is 0 Å². The van der Waals surface area contributed by atoms with Gasteiger partial charge in [-0.25, -0.2) is 18.7 Å².